The van der Waals surface area contributed by atoms with Crippen LogP contribution >= 0.6 is 0 Å². The van der Waals surface area contributed by atoms with E-state index in [1.54, 1.807) is 12.1 Å². The maximum atomic E-state index is 12.5. The predicted molar refractivity (Wildman–Crippen MR) is 91.1 cm³/mol. The van der Waals surface area contributed by atoms with Gasteiger partial charge < -0.3 is 5.32 Å². The predicted octanol–water partition coefficient (Wildman–Crippen LogP) is 2.05. The Labute approximate surface area is 134 Å². The average Bonchev–Trinajstić information content (AvgIpc) is 2.46. The number of hydrogen-bond acceptors (Lipinski definition) is 4. The third-order valence-corrected chi connectivity index (χ3v) is 6.08. The van der Waals surface area contributed by atoms with Gasteiger partial charge in [-0.25, -0.2) is 8.42 Å². The summed E-state index contributed by atoms with van der Waals surface area (Å²) in [6, 6.07) is 7.75. The van der Waals surface area contributed by atoms with Gasteiger partial charge in [0, 0.05) is 32.2 Å². The van der Waals surface area contributed by atoms with Crippen LogP contribution in [0.5, 0.6) is 0 Å². The number of benzene rings is 1. The topological polar surface area (TPSA) is 49.4 Å². The summed E-state index contributed by atoms with van der Waals surface area (Å²) in [5.74, 6) is 0.187. The van der Waals surface area contributed by atoms with Crippen molar-refractivity contribution in [3.63, 3.8) is 0 Å². The van der Waals surface area contributed by atoms with Crippen molar-refractivity contribution in [1.29, 1.82) is 0 Å². The third-order valence-electron chi connectivity index (χ3n) is 4.37. The Morgan fingerprint density at radius 1 is 1.23 bits per heavy atom. The van der Waals surface area contributed by atoms with Crippen LogP contribution in [0.25, 0.3) is 0 Å². The molecule has 5 heteroatoms. The summed E-state index contributed by atoms with van der Waals surface area (Å²) in [5, 5.41) is 3.32. The fourth-order valence-corrected chi connectivity index (χ4v) is 3.99. The second kappa shape index (κ2) is 6.69. The normalized spacial score (nSPS) is 21.0. The van der Waals surface area contributed by atoms with Crippen LogP contribution in [-0.2, 0) is 15.3 Å². The minimum atomic E-state index is -3.21. The van der Waals surface area contributed by atoms with E-state index in [1.165, 1.54) is 0 Å². The zero-order chi connectivity index (χ0) is 16.4. The van der Waals surface area contributed by atoms with Crippen LogP contribution in [0.3, 0.4) is 0 Å². The van der Waals surface area contributed by atoms with Gasteiger partial charge in [0.05, 0.1) is 10.6 Å². The molecule has 0 radical (unpaired) electrons. The molecule has 1 aliphatic heterocycles. The molecule has 1 aliphatic rings. The van der Waals surface area contributed by atoms with Crippen molar-refractivity contribution < 1.29 is 8.42 Å². The molecule has 0 unspecified atom stereocenters. The molecule has 0 amide bonds. The smallest absolute Gasteiger partial charge is 0.179 e. The van der Waals surface area contributed by atoms with Crippen molar-refractivity contribution in [3.05, 3.63) is 29.8 Å². The molecule has 1 aromatic carbocycles. The van der Waals surface area contributed by atoms with E-state index in [0.29, 0.717) is 17.5 Å². The highest BCUT2D eigenvalue weighted by atomic mass is 32.2. The minimum absolute atomic E-state index is 0.0402. The molecule has 0 bridgehead atoms. The van der Waals surface area contributed by atoms with Gasteiger partial charge in [-0.3, -0.25) is 4.90 Å². The molecule has 0 aliphatic carbocycles. The number of hydrogen-bond donors (Lipinski definition) is 1. The van der Waals surface area contributed by atoms with Crippen LogP contribution in [0.1, 0.15) is 33.3 Å². The van der Waals surface area contributed by atoms with E-state index in [9.17, 15) is 8.42 Å². The van der Waals surface area contributed by atoms with Crippen LogP contribution in [0.2, 0.25) is 0 Å². The molecular formula is C17H28N2O2S. The highest BCUT2D eigenvalue weighted by Crippen LogP contribution is 2.23. The van der Waals surface area contributed by atoms with Crippen molar-refractivity contribution in [2.45, 2.75) is 44.0 Å². The van der Waals surface area contributed by atoms with Crippen molar-refractivity contribution in [1.82, 2.24) is 10.2 Å². The van der Waals surface area contributed by atoms with Gasteiger partial charge in [0.15, 0.2) is 9.84 Å². The van der Waals surface area contributed by atoms with Gasteiger partial charge in [-0.2, -0.15) is 0 Å². The molecule has 124 valence electrons. The third kappa shape index (κ3) is 4.31. The number of nitrogens with one attached hydrogen (secondary N) is 1. The van der Waals surface area contributed by atoms with Crippen molar-refractivity contribution in [3.8, 4) is 0 Å². The van der Waals surface area contributed by atoms with Crippen LogP contribution in [-0.4, -0.2) is 51.3 Å². The minimum Gasteiger partial charge on any atom is -0.314 e. The Morgan fingerprint density at radius 3 is 2.41 bits per heavy atom. The molecule has 4 nitrogen and oxygen atoms in total. The first-order valence-corrected chi connectivity index (χ1v) is 9.63. The summed E-state index contributed by atoms with van der Waals surface area (Å²) in [5.41, 5.74) is 1.19. The average molecular weight is 324 g/mol. The first kappa shape index (κ1) is 17.4. The molecule has 0 spiro atoms. The summed E-state index contributed by atoms with van der Waals surface area (Å²) in [7, 11) is -3.21. The molecule has 1 atom stereocenters. The van der Waals surface area contributed by atoms with E-state index in [2.05, 4.69) is 37.9 Å². The lowest BCUT2D eigenvalue weighted by Crippen LogP contribution is -2.50. The molecule has 1 aromatic rings. The highest BCUT2D eigenvalue weighted by molar-refractivity contribution is 7.91. The fraction of sp³-hybridized carbons (Fsp3) is 0.647. The standard InChI is InChI=1S/C17H28N2O2S/c1-14-13-18-9-10-19(14)11-12-22(20,21)16-7-5-15(6-8-16)17(2,3)4/h5-8,14,18H,9-13H2,1-4H3/t14-/m1/s1. The summed E-state index contributed by atoms with van der Waals surface area (Å²) in [4.78, 5) is 2.68. The molecule has 22 heavy (non-hydrogen) atoms. The van der Waals surface area contributed by atoms with Crippen LogP contribution in [0.4, 0.5) is 0 Å². The quantitative estimate of drug-likeness (QED) is 0.921. The Balaban J connectivity index is 2.03. The summed E-state index contributed by atoms with van der Waals surface area (Å²) in [6.07, 6.45) is 0. The maximum absolute atomic E-state index is 12.5. The van der Waals surface area contributed by atoms with E-state index >= 15 is 0 Å². The maximum Gasteiger partial charge on any atom is 0.179 e. The number of piperazine rings is 1. The van der Waals surface area contributed by atoms with E-state index in [1.807, 2.05) is 12.1 Å². The molecule has 1 saturated heterocycles. The van der Waals surface area contributed by atoms with Gasteiger partial charge in [0.2, 0.25) is 0 Å². The lowest BCUT2D eigenvalue weighted by molar-refractivity contribution is 0.184. The first-order chi connectivity index (χ1) is 10.2. The molecule has 1 heterocycles. The SMILES string of the molecule is C[C@@H]1CNCCN1CCS(=O)(=O)c1ccc(C(C)(C)C)cc1. The Morgan fingerprint density at radius 2 is 1.86 bits per heavy atom. The largest absolute Gasteiger partial charge is 0.314 e. The van der Waals surface area contributed by atoms with E-state index in [-0.39, 0.29) is 11.2 Å². The van der Waals surface area contributed by atoms with E-state index in [4.69, 9.17) is 0 Å². The lowest BCUT2D eigenvalue weighted by Gasteiger charge is -2.33. The number of sulfone groups is 1. The van der Waals surface area contributed by atoms with Crippen LogP contribution < -0.4 is 5.32 Å². The fourth-order valence-electron chi connectivity index (χ4n) is 2.73. The lowest BCUT2D eigenvalue weighted by atomic mass is 9.87. The summed E-state index contributed by atoms with van der Waals surface area (Å²) in [6.45, 7) is 11.9. The second-order valence-corrected chi connectivity index (χ2v) is 9.29. The highest BCUT2D eigenvalue weighted by Gasteiger charge is 2.22. The van der Waals surface area contributed by atoms with Gasteiger partial charge in [-0.1, -0.05) is 32.9 Å². The van der Waals surface area contributed by atoms with Gasteiger partial charge >= 0.3 is 0 Å². The molecular weight excluding hydrogens is 296 g/mol. The molecule has 1 N–H and O–H groups in total. The second-order valence-electron chi connectivity index (χ2n) is 7.18. The zero-order valence-corrected chi connectivity index (χ0v) is 14.9. The van der Waals surface area contributed by atoms with Gasteiger partial charge in [-0.05, 0) is 30.0 Å². The molecule has 0 aromatic heterocycles. The van der Waals surface area contributed by atoms with Crippen LogP contribution in [0, 0.1) is 0 Å². The Kier molecular flexibility index (Phi) is 5.30. The monoisotopic (exact) mass is 324 g/mol. The van der Waals surface area contributed by atoms with Crippen LogP contribution in [0.15, 0.2) is 29.2 Å². The van der Waals surface area contributed by atoms with Crippen molar-refractivity contribution in [2.75, 3.05) is 31.9 Å². The summed E-state index contributed by atoms with van der Waals surface area (Å²) >= 11 is 0. The first-order valence-electron chi connectivity index (χ1n) is 7.98. The molecule has 1 fully saturated rings. The molecule has 2 rings (SSSR count). The van der Waals surface area contributed by atoms with Crippen molar-refractivity contribution in [2.24, 2.45) is 0 Å². The van der Waals surface area contributed by atoms with Gasteiger partial charge in [-0.15, -0.1) is 0 Å². The van der Waals surface area contributed by atoms with Crippen molar-refractivity contribution >= 4 is 9.84 Å². The molecule has 0 saturated carbocycles. The number of nitrogens with zero attached hydrogens (tertiary/aromatic N) is 1. The zero-order valence-electron chi connectivity index (χ0n) is 14.1. The van der Waals surface area contributed by atoms with E-state index < -0.39 is 9.84 Å². The van der Waals surface area contributed by atoms with Gasteiger partial charge in [0.1, 0.15) is 0 Å². The van der Waals surface area contributed by atoms with Gasteiger partial charge in [0.25, 0.3) is 0 Å². The summed E-state index contributed by atoms with van der Waals surface area (Å²) < 4.78 is 25.0. The Hall–Kier alpha value is -0.910. The number of rotatable bonds is 4. The van der Waals surface area contributed by atoms with E-state index in [0.717, 1.165) is 25.2 Å². The Bertz CT molecular complexity index is 588.